The minimum Gasteiger partial charge on any atom is -0.480 e. The van der Waals surface area contributed by atoms with Crippen LogP contribution < -0.4 is 26.6 Å². The van der Waals surface area contributed by atoms with Crippen molar-refractivity contribution in [1.29, 1.82) is 0 Å². The summed E-state index contributed by atoms with van der Waals surface area (Å²) in [5.41, 5.74) is 1.50. The Morgan fingerprint density at radius 3 is 1.71 bits per heavy atom. The van der Waals surface area contributed by atoms with Gasteiger partial charge in [0.05, 0.1) is 0 Å². The lowest BCUT2D eigenvalue weighted by molar-refractivity contribution is -0.142. The zero-order chi connectivity index (χ0) is 41.4. The fourth-order valence-corrected chi connectivity index (χ4v) is 7.06. The van der Waals surface area contributed by atoms with E-state index in [1.807, 2.05) is 56.5 Å². The van der Waals surface area contributed by atoms with Gasteiger partial charge in [-0.3, -0.25) is 28.8 Å². The third-order valence-corrected chi connectivity index (χ3v) is 10.2. The molecule has 6 atom stereocenters. The van der Waals surface area contributed by atoms with Gasteiger partial charge < -0.3 is 36.6 Å². The normalized spacial score (nSPS) is 16.6. The first-order chi connectivity index (χ1) is 26.6. The van der Waals surface area contributed by atoms with Gasteiger partial charge in [0, 0.05) is 26.3 Å². The lowest BCUT2D eigenvalue weighted by Crippen LogP contribution is -2.61. The maximum Gasteiger partial charge on any atom is 0.326 e. The minimum absolute atomic E-state index is 0.0493. The molecule has 0 aliphatic carbocycles. The first-order valence-corrected chi connectivity index (χ1v) is 20.6. The first kappa shape index (κ1) is 45.5. The summed E-state index contributed by atoms with van der Waals surface area (Å²) in [5.74, 6) is -4.44. The second kappa shape index (κ2) is 22.6. The largest absolute Gasteiger partial charge is 0.480 e. The van der Waals surface area contributed by atoms with Gasteiger partial charge in [-0.05, 0) is 60.7 Å². The van der Waals surface area contributed by atoms with Crippen molar-refractivity contribution < 1.29 is 38.7 Å². The number of aliphatic carboxylic acids is 1. The summed E-state index contributed by atoms with van der Waals surface area (Å²) in [6.07, 6.45) is 3.54. The highest BCUT2D eigenvalue weighted by atomic mass is 32.2. The molecular formula is C41H58N6O8S. The molecule has 14 nitrogen and oxygen atoms in total. The zero-order valence-electron chi connectivity index (χ0n) is 33.2. The molecule has 3 rings (SSSR count). The van der Waals surface area contributed by atoms with Gasteiger partial charge in [0.1, 0.15) is 36.3 Å². The van der Waals surface area contributed by atoms with Crippen LogP contribution in [0, 0.1) is 11.8 Å². The first-order valence-electron chi connectivity index (χ1n) is 19.2. The van der Waals surface area contributed by atoms with E-state index in [4.69, 9.17) is 0 Å². The molecule has 2 aromatic carbocycles. The molecule has 0 radical (unpaired) electrons. The molecule has 2 aromatic rings. The Morgan fingerprint density at radius 1 is 0.714 bits per heavy atom. The summed E-state index contributed by atoms with van der Waals surface area (Å²) >= 11 is 1.45. The number of amides is 6. The molecule has 0 bridgehead atoms. The number of carbonyl (C=O) groups is 7. The average Bonchev–Trinajstić information content (AvgIpc) is 3.66. The van der Waals surface area contributed by atoms with Gasteiger partial charge in [-0.2, -0.15) is 11.8 Å². The van der Waals surface area contributed by atoms with E-state index in [2.05, 4.69) is 26.6 Å². The van der Waals surface area contributed by atoms with Gasteiger partial charge in [0.25, 0.3) is 0 Å². The average molecular weight is 795 g/mol. The second-order valence-corrected chi connectivity index (χ2v) is 16.0. The van der Waals surface area contributed by atoms with Crippen molar-refractivity contribution in [2.24, 2.45) is 11.8 Å². The number of carboxylic acids is 1. The molecule has 6 N–H and O–H groups in total. The number of thioether (sulfide) groups is 1. The van der Waals surface area contributed by atoms with Crippen molar-refractivity contribution in [3.63, 3.8) is 0 Å². The summed E-state index contributed by atoms with van der Waals surface area (Å²) in [5, 5.41) is 23.5. The molecule has 1 saturated heterocycles. The van der Waals surface area contributed by atoms with E-state index in [0.717, 1.165) is 11.1 Å². The molecule has 56 heavy (non-hydrogen) atoms. The van der Waals surface area contributed by atoms with Crippen LogP contribution in [0.25, 0.3) is 0 Å². The number of rotatable bonds is 21. The Morgan fingerprint density at radius 2 is 1.21 bits per heavy atom. The van der Waals surface area contributed by atoms with Gasteiger partial charge >= 0.3 is 5.97 Å². The summed E-state index contributed by atoms with van der Waals surface area (Å²) in [6.45, 7) is 9.07. The van der Waals surface area contributed by atoms with Crippen LogP contribution in [0.4, 0.5) is 0 Å². The van der Waals surface area contributed by atoms with E-state index < -0.39 is 77.7 Å². The lowest BCUT2D eigenvalue weighted by atomic mass is 9.98. The SMILES string of the molecule is CSCC[C@H](NC(=O)[C@H](CC(C)C)NC(=O)[C@H](Cc1ccccc1)NC(=O)[C@@H](NC(=O)[C@H](Cc1ccccc1)NC(=O)[C@@H]1CCCN1C(C)=O)C(C)C)C(=O)O. The van der Waals surface area contributed by atoms with Crippen LogP contribution in [0.3, 0.4) is 0 Å². The maximum atomic E-state index is 14.1. The Bertz CT molecular complexity index is 1640. The van der Waals surface area contributed by atoms with Gasteiger partial charge in [-0.15, -0.1) is 0 Å². The number of nitrogens with zero attached hydrogens (tertiary/aromatic N) is 1. The fourth-order valence-electron chi connectivity index (χ4n) is 6.59. The predicted octanol–water partition coefficient (Wildman–Crippen LogP) is 2.45. The Hall–Kier alpha value is -4.92. The third kappa shape index (κ3) is 14.3. The predicted molar refractivity (Wildman–Crippen MR) is 215 cm³/mol. The molecule has 6 amide bonds. The minimum atomic E-state index is -1.18. The summed E-state index contributed by atoms with van der Waals surface area (Å²) in [4.78, 5) is 94.7. The van der Waals surface area contributed by atoms with Crippen molar-refractivity contribution in [3.8, 4) is 0 Å². The molecule has 0 aromatic heterocycles. The van der Waals surface area contributed by atoms with E-state index in [1.54, 1.807) is 38.1 Å². The molecule has 0 spiro atoms. The van der Waals surface area contributed by atoms with E-state index in [1.165, 1.54) is 23.6 Å². The third-order valence-electron chi connectivity index (χ3n) is 9.60. The quantitative estimate of drug-likeness (QED) is 0.110. The highest BCUT2D eigenvalue weighted by Gasteiger charge is 2.37. The van der Waals surface area contributed by atoms with Crippen LogP contribution in [-0.2, 0) is 46.4 Å². The summed E-state index contributed by atoms with van der Waals surface area (Å²) < 4.78 is 0. The number of nitrogens with one attached hydrogen (secondary N) is 5. The molecule has 1 fully saturated rings. The second-order valence-electron chi connectivity index (χ2n) is 15.0. The van der Waals surface area contributed by atoms with Crippen LogP contribution in [0.2, 0.25) is 0 Å². The number of benzene rings is 2. The van der Waals surface area contributed by atoms with Gasteiger partial charge in [0.2, 0.25) is 35.4 Å². The van der Waals surface area contributed by atoms with E-state index in [-0.39, 0.29) is 37.5 Å². The Kier molecular flexibility index (Phi) is 18.3. The zero-order valence-corrected chi connectivity index (χ0v) is 34.0. The molecule has 306 valence electrons. The molecule has 1 heterocycles. The highest BCUT2D eigenvalue weighted by Crippen LogP contribution is 2.18. The van der Waals surface area contributed by atoms with E-state index >= 15 is 0 Å². The van der Waals surface area contributed by atoms with E-state index in [9.17, 15) is 38.7 Å². The van der Waals surface area contributed by atoms with Crippen molar-refractivity contribution in [2.45, 2.75) is 109 Å². The van der Waals surface area contributed by atoms with Gasteiger partial charge in [0.15, 0.2) is 0 Å². The number of carboxylic acid groups (broad SMARTS) is 1. The molecule has 15 heteroatoms. The molecule has 0 unspecified atom stereocenters. The van der Waals surface area contributed by atoms with Crippen LogP contribution >= 0.6 is 11.8 Å². The molecule has 1 aliphatic rings. The topological polar surface area (TPSA) is 203 Å². The highest BCUT2D eigenvalue weighted by molar-refractivity contribution is 7.98. The number of hydrogen-bond acceptors (Lipinski definition) is 8. The monoisotopic (exact) mass is 794 g/mol. The smallest absolute Gasteiger partial charge is 0.326 e. The molecule has 1 aliphatic heterocycles. The van der Waals surface area contributed by atoms with Crippen molar-refractivity contribution in [2.75, 3.05) is 18.6 Å². The Balaban J connectivity index is 1.86. The number of carbonyl (C=O) groups excluding carboxylic acids is 6. The summed E-state index contributed by atoms with van der Waals surface area (Å²) in [7, 11) is 0. The van der Waals surface area contributed by atoms with Crippen LogP contribution in [0.1, 0.15) is 71.4 Å². The van der Waals surface area contributed by atoms with Gasteiger partial charge in [-0.1, -0.05) is 88.4 Å². The van der Waals surface area contributed by atoms with Crippen LogP contribution in [0.15, 0.2) is 60.7 Å². The van der Waals surface area contributed by atoms with Crippen molar-refractivity contribution >= 4 is 53.2 Å². The van der Waals surface area contributed by atoms with E-state index in [0.29, 0.717) is 25.1 Å². The summed E-state index contributed by atoms with van der Waals surface area (Å²) in [6, 6.07) is 11.7. The van der Waals surface area contributed by atoms with Crippen molar-refractivity contribution in [1.82, 2.24) is 31.5 Å². The van der Waals surface area contributed by atoms with Crippen LogP contribution in [-0.4, -0.2) is 106 Å². The number of likely N-dealkylation sites (tertiary alicyclic amines) is 1. The van der Waals surface area contributed by atoms with Crippen molar-refractivity contribution in [3.05, 3.63) is 71.8 Å². The standard InChI is InChI=1S/C41H58N6O8S/c1-25(2)22-31(36(49)42-30(41(54)55)19-21-56-6)43-37(50)32(23-28-14-9-7-10-15-28)45-40(53)35(26(3)4)46-38(51)33(24-29-16-11-8-12-17-29)44-39(52)34-18-13-20-47(34)27(5)48/h7-12,14-17,25-26,30-35H,13,18-24H2,1-6H3,(H,42,49)(H,43,50)(H,44,52)(H,45,53)(H,46,51)(H,54,55)/t30-,31-,32-,33-,34-,35-/m0/s1. The fraction of sp³-hybridized carbons (Fsp3) is 0.537. The Labute approximate surface area is 334 Å². The molecular weight excluding hydrogens is 737 g/mol. The number of hydrogen-bond donors (Lipinski definition) is 6. The molecule has 0 saturated carbocycles. The van der Waals surface area contributed by atoms with Gasteiger partial charge in [-0.25, -0.2) is 4.79 Å². The maximum absolute atomic E-state index is 14.1. The lowest BCUT2D eigenvalue weighted by Gasteiger charge is -2.29. The van der Waals surface area contributed by atoms with Crippen LogP contribution in [0.5, 0.6) is 0 Å².